The van der Waals surface area contributed by atoms with Crippen LogP contribution >= 0.6 is 0 Å². The van der Waals surface area contributed by atoms with Crippen molar-refractivity contribution in [3.05, 3.63) is 29.8 Å². The van der Waals surface area contributed by atoms with Gasteiger partial charge in [0, 0.05) is 12.6 Å². The van der Waals surface area contributed by atoms with Crippen molar-refractivity contribution < 1.29 is 9.84 Å². The minimum absolute atomic E-state index is 0.0579. The largest absolute Gasteiger partial charge is 0.497 e. The molecule has 0 aliphatic rings. The van der Waals surface area contributed by atoms with Crippen molar-refractivity contribution in [3.8, 4) is 5.75 Å². The molecule has 1 atom stereocenters. The Hall–Kier alpha value is -1.06. The minimum Gasteiger partial charge on any atom is -0.497 e. The number of benzene rings is 1. The normalized spacial score (nSPS) is 13.7. The number of methoxy groups -OCH3 is 1. The Bertz CT molecular complexity index is 371. The van der Waals surface area contributed by atoms with Gasteiger partial charge in [0.25, 0.3) is 0 Å². The van der Waals surface area contributed by atoms with Gasteiger partial charge < -0.3 is 9.84 Å². The van der Waals surface area contributed by atoms with E-state index in [9.17, 15) is 5.11 Å². The summed E-state index contributed by atoms with van der Waals surface area (Å²) in [5, 5.41) is 9.54. The third-order valence-corrected chi connectivity index (χ3v) is 3.27. The lowest BCUT2D eigenvalue weighted by Crippen LogP contribution is -2.43. The molecule has 0 heterocycles. The lowest BCUT2D eigenvalue weighted by atomic mass is 9.86. The fraction of sp³-hybridized carbons (Fsp3) is 0.600. The van der Waals surface area contributed by atoms with Crippen molar-refractivity contribution in [1.29, 1.82) is 0 Å². The molecule has 0 saturated carbocycles. The van der Waals surface area contributed by atoms with Gasteiger partial charge in [0.1, 0.15) is 5.75 Å². The fourth-order valence-corrected chi connectivity index (χ4v) is 2.24. The summed E-state index contributed by atoms with van der Waals surface area (Å²) in [5.74, 6) is 0.872. The number of nitrogens with zero attached hydrogens (tertiary/aromatic N) is 1. The summed E-state index contributed by atoms with van der Waals surface area (Å²) in [6.45, 7) is 7.42. The highest BCUT2D eigenvalue weighted by atomic mass is 16.5. The number of aliphatic hydroxyl groups is 1. The molecule has 3 nitrogen and oxygen atoms in total. The van der Waals surface area contributed by atoms with Crippen LogP contribution in [0.15, 0.2) is 24.3 Å². The number of aliphatic hydroxyl groups excluding tert-OH is 1. The average molecular weight is 251 g/mol. The second-order valence-electron chi connectivity index (χ2n) is 5.83. The van der Waals surface area contributed by atoms with Gasteiger partial charge in [-0.2, -0.15) is 0 Å². The Balaban J connectivity index is 2.76. The third kappa shape index (κ3) is 4.00. The van der Waals surface area contributed by atoms with Crippen LogP contribution in [0.4, 0.5) is 0 Å². The van der Waals surface area contributed by atoms with Gasteiger partial charge in [-0.25, -0.2) is 0 Å². The van der Waals surface area contributed by atoms with Crippen molar-refractivity contribution in [2.45, 2.75) is 33.4 Å². The maximum Gasteiger partial charge on any atom is 0.119 e. The summed E-state index contributed by atoms with van der Waals surface area (Å²) < 4.78 is 5.22. The van der Waals surface area contributed by atoms with Gasteiger partial charge in [-0.15, -0.1) is 0 Å². The zero-order valence-corrected chi connectivity index (χ0v) is 12.1. The van der Waals surface area contributed by atoms with Crippen LogP contribution in [-0.4, -0.2) is 36.8 Å². The van der Waals surface area contributed by atoms with E-state index in [1.165, 1.54) is 5.56 Å². The van der Waals surface area contributed by atoms with Crippen LogP contribution in [0.2, 0.25) is 0 Å². The van der Waals surface area contributed by atoms with Crippen LogP contribution in [0.25, 0.3) is 0 Å². The molecule has 3 heteroatoms. The molecule has 0 radical (unpaired) electrons. The summed E-state index contributed by atoms with van der Waals surface area (Å²) in [6, 6.07) is 8.19. The first-order chi connectivity index (χ1) is 8.38. The van der Waals surface area contributed by atoms with Crippen molar-refractivity contribution in [3.63, 3.8) is 0 Å². The van der Waals surface area contributed by atoms with E-state index >= 15 is 0 Å². The molecule has 1 aromatic carbocycles. The molecule has 1 rings (SSSR count). The van der Waals surface area contributed by atoms with Gasteiger partial charge in [-0.05, 0) is 30.2 Å². The lowest BCUT2D eigenvalue weighted by molar-refractivity contribution is 0.0614. The molecule has 1 unspecified atom stereocenters. The third-order valence-electron chi connectivity index (χ3n) is 3.27. The van der Waals surface area contributed by atoms with E-state index in [0.29, 0.717) is 0 Å². The number of likely N-dealkylation sites (N-methyl/N-ethyl adjacent to an activating group) is 1. The van der Waals surface area contributed by atoms with Crippen molar-refractivity contribution >= 4 is 0 Å². The van der Waals surface area contributed by atoms with Gasteiger partial charge in [0.15, 0.2) is 0 Å². The quantitative estimate of drug-likeness (QED) is 0.873. The molecule has 0 aliphatic carbocycles. The highest BCUT2D eigenvalue weighted by Gasteiger charge is 2.27. The monoisotopic (exact) mass is 251 g/mol. The Morgan fingerprint density at radius 1 is 1.33 bits per heavy atom. The number of ether oxygens (including phenoxy) is 1. The average Bonchev–Trinajstić information content (AvgIpc) is 2.28. The molecular weight excluding hydrogens is 226 g/mol. The Morgan fingerprint density at radius 3 is 2.50 bits per heavy atom. The topological polar surface area (TPSA) is 32.7 Å². The first-order valence-corrected chi connectivity index (χ1v) is 6.32. The Labute approximate surface area is 110 Å². The second kappa shape index (κ2) is 6.21. The van der Waals surface area contributed by atoms with E-state index in [1.54, 1.807) is 7.11 Å². The number of hydrogen-bond acceptors (Lipinski definition) is 3. The van der Waals surface area contributed by atoms with Gasteiger partial charge in [0.2, 0.25) is 0 Å². The SMILES string of the molecule is COc1cccc(CN(C)C(CO)C(C)(C)C)c1. The highest BCUT2D eigenvalue weighted by molar-refractivity contribution is 5.28. The maximum atomic E-state index is 9.54. The maximum absolute atomic E-state index is 9.54. The molecule has 1 aromatic rings. The summed E-state index contributed by atoms with van der Waals surface area (Å²) in [6.07, 6.45) is 0. The van der Waals surface area contributed by atoms with E-state index in [4.69, 9.17) is 4.74 Å². The van der Waals surface area contributed by atoms with Gasteiger partial charge in [0.05, 0.1) is 13.7 Å². The second-order valence-corrected chi connectivity index (χ2v) is 5.83. The molecule has 0 aliphatic heterocycles. The first kappa shape index (κ1) is 15.0. The summed E-state index contributed by atoms with van der Waals surface area (Å²) in [4.78, 5) is 2.19. The van der Waals surface area contributed by atoms with Gasteiger partial charge in [-0.3, -0.25) is 4.90 Å². The molecule has 1 N–H and O–H groups in total. The van der Waals surface area contributed by atoms with Crippen LogP contribution in [-0.2, 0) is 6.54 Å². The van der Waals surface area contributed by atoms with Crippen molar-refractivity contribution in [2.75, 3.05) is 20.8 Å². The lowest BCUT2D eigenvalue weighted by Gasteiger charge is -2.36. The Kier molecular flexibility index (Phi) is 5.17. The molecule has 0 spiro atoms. The van der Waals surface area contributed by atoms with E-state index in [0.717, 1.165) is 12.3 Å². The van der Waals surface area contributed by atoms with Crippen LogP contribution < -0.4 is 4.74 Å². The summed E-state index contributed by atoms with van der Waals surface area (Å²) in [7, 11) is 3.72. The molecule has 0 bridgehead atoms. The van der Waals surface area contributed by atoms with Gasteiger partial charge in [-0.1, -0.05) is 32.9 Å². The van der Waals surface area contributed by atoms with Crippen LogP contribution in [0.5, 0.6) is 5.75 Å². The molecule has 0 amide bonds. The number of rotatable bonds is 5. The molecule has 102 valence electrons. The predicted octanol–water partition coefficient (Wildman–Crippen LogP) is 2.53. The molecule has 0 saturated heterocycles. The standard InChI is InChI=1S/C15H25NO2/c1-15(2,3)14(11-17)16(4)10-12-7-6-8-13(9-12)18-5/h6-9,14,17H,10-11H2,1-5H3. The highest BCUT2D eigenvalue weighted by Crippen LogP contribution is 2.25. The molecular formula is C15H25NO2. The Morgan fingerprint density at radius 2 is 2.00 bits per heavy atom. The predicted molar refractivity (Wildman–Crippen MR) is 74.8 cm³/mol. The molecule has 0 fully saturated rings. The minimum atomic E-state index is 0.0579. The van der Waals surface area contributed by atoms with Crippen molar-refractivity contribution in [2.24, 2.45) is 5.41 Å². The van der Waals surface area contributed by atoms with Crippen LogP contribution in [0.3, 0.4) is 0 Å². The van der Waals surface area contributed by atoms with E-state index in [2.05, 4.69) is 31.7 Å². The number of hydrogen-bond donors (Lipinski definition) is 1. The van der Waals surface area contributed by atoms with Crippen LogP contribution in [0.1, 0.15) is 26.3 Å². The molecule has 0 aromatic heterocycles. The molecule has 18 heavy (non-hydrogen) atoms. The zero-order valence-electron chi connectivity index (χ0n) is 12.1. The first-order valence-electron chi connectivity index (χ1n) is 6.32. The summed E-state index contributed by atoms with van der Waals surface area (Å²) in [5.41, 5.74) is 1.25. The van der Waals surface area contributed by atoms with Crippen molar-refractivity contribution in [1.82, 2.24) is 4.90 Å². The van der Waals surface area contributed by atoms with E-state index in [-0.39, 0.29) is 18.1 Å². The van der Waals surface area contributed by atoms with Gasteiger partial charge >= 0.3 is 0 Å². The van der Waals surface area contributed by atoms with E-state index in [1.807, 2.05) is 25.2 Å². The fourth-order valence-electron chi connectivity index (χ4n) is 2.24. The summed E-state index contributed by atoms with van der Waals surface area (Å²) >= 11 is 0. The zero-order chi connectivity index (χ0) is 13.8. The van der Waals surface area contributed by atoms with Crippen LogP contribution in [0, 0.1) is 5.41 Å². The smallest absolute Gasteiger partial charge is 0.119 e. The van der Waals surface area contributed by atoms with E-state index < -0.39 is 0 Å².